The van der Waals surface area contributed by atoms with Gasteiger partial charge in [-0.3, -0.25) is 4.99 Å². The molecule has 0 saturated carbocycles. The van der Waals surface area contributed by atoms with Crippen LogP contribution in [0, 0.1) is 0 Å². The lowest BCUT2D eigenvalue weighted by Crippen LogP contribution is -2.38. The molecular weight excluding hydrogens is 484 g/mol. The zero-order valence-corrected chi connectivity index (χ0v) is 18.1. The van der Waals surface area contributed by atoms with Crippen LogP contribution >= 0.6 is 47.2 Å². The summed E-state index contributed by atoms with van der Waals surface area (Å²) < 4.78 is 5.55. The number of rotatable bonds is 4. The van der Waals surface area contributed by atoms with E-state index >= 15 is 0 Å². The van der Waals surface area contributed by atoms with E-state index in [0.717, 1.165) is 24.1 Å². The van der Waals surface area contributed by atoms with E-state index in [9.17, 15) is 0 Å². The maximum atomic E-state index is 6.48. The third kappa shape index (κ3) is 5.25. The first-order valence-electron chi connectivity index (χ1n) is 8.24. The van der Waals surface area contributed by atoms with Gasteiger partial charge in [-0.05, 0) is 42.7 Å². The number of nitrogens with one attached hydrogen (secondary N) is 1. The quantitative estimate of drug-likeness (QED) is 0.346. The molecule has 3 N–H and O–H groups in total. The third-order valence-electron chi connectivity index (χ3n) is 4.55. The van der Waals surface area contributed by atoms with Gasteiger partial charge in [0.05, 0.1) is 6.54 Å². The second kappa shape index (κ2) is 9.78. The number of ether oxygens (including phenoxy) is 1. The third-order valence-corrected chi connectivity index (χ3v) is 5.10. The molecule has 0 bridgehead atoms. The van der Waals surface area contributed by atoms with Crippen LogP contribution in [0.4, 0.5) is 5.69 Å². The lowest BCUT2D eigenvalue weighted by atomic mass is 9.74. The smallest absolute Gasteiger partial charge is 0.193 e. The molecule has 1 saturated heterocycles. The summed E-state index contributed by atoms with van der Waals surface area (Å²) in [6, 6.07) is 15.4. The summed E-state index contributed by atoms with van der Waals surface area (Å²) in [5, 5.41) is 4.41. The number of benzene rings is 2. The first-order valence-corrected chi connectivity index (χ1v) is 9.00. The Labute approximate surface area is 181 Å². The number of anilines is 1. The normalized spacial score (nSPS) is 16.6. The molecule has 1 aliphatic heterocycles. The van der Waals surface area contributed by atoms with Gasteiger partial charge in [0.2, 0.25) is 0 Å². The van der Waals surface area contributed by atoms with Crippen molar-refractivity contribution in [1.29, 1.82) is 0 Å². The van der Waals surface area contributed by atoms with E-state index in [1.807, 2.05) is 42.5 Å². The molecule has 0 aromatic heterocycles. The zero-order valence-electron chi connectivity index (χ0n) is 14.3. The van der Waals surface area contributed by atoms with Crippen LogP contribution in [0.1, 0.15) is 18.4 Å². The number of hydrogen-bond donors (Lipinski definition) is 2. The van der Waals surface area contributed by atoms with Crippen LogP contribution in [0.15, 0.2) is 53.5 Å². The Hall–Kier alpha value is -1.02. The molecule has 140 valence electrons. The number of nitrogens with two attached hydrogens (primary N) is 1. The van der Waals surface area contributed by atoms with Crippen LogP contribution in [0.5, 0.6) is 0 Å². The second-order valence-corrected chi connectivity index (χ2v) is 7.05. The Morgan fingerprint density at radius 2 is 1.81 bits per heavy atom. The van der Waals surface area contributed by atoms with Crippen LogP contribution in [0.25, 0.3) is 0 Å². The minimum Gasteiger partial charge on any atom is -0.381 e. The molecule has 1 fully saturated rings. The van der Waals surface area contributed by atoms with Crippen LogP contribution in [-0.4, -0.2) is 25.7 Å². The molecule has 2 aromatic carbocycles. The predicted octanol–water partition coefficient (Wildman–Crippen LogP) is 5.09. The molecular formula is C19H22Cl2IN3O. The summed E-state index contributed by atoms with van der Waals surface area (Å²) in [6.45, 7) is 1.91. The summed E-state index contributed by atoms with van der Waals surface area (Å²) in [5.41, 5.74) is 7.85. The highest BCUT2D eigenvalue weighted by Crippen LogP contribution is 2.39. The van der Waals surface area contributed by atoms with Crippen molar-refractivity contribution in [3.8, 4) is 0 Å². The minimum absolute atomic E-state index is 0. The highest BCUT2D eigenvalue weighted by molar-refractivity contribution is 14.0. The summed E-state index contributed by atoms with van der Waals surface area (Å²) >= 11 is 12.5. The Morgan fingerprint density at radius 1 is 1.12 bits per heavy atom. The van der Waals surface area contributed by atoms with Gasteiger partial charge < -0.3 is 15.8 Å². The minimum atomic E-state index is -0.192. The highest BCUT2D eigenvalue weighted by atomic mass is 127. The highest BCUT2D eigenvalue weighted by Gasteiger charge is 2.36. The number of para-hydroxylation sites is 1. The van der Waals surface area contributed by atoms with Crippen LogP contribution < -0.4 is 11.1 Å². The molecule has 1 heterocycles. The van der Waals surface area contributed by atoms with Crippen molar-refractivity contribution in [2.45, 2.75) is 18.3 Å². The maximum absolute atomic E-state index is 6.48. The predicted molar refractivity (Wildman–Crippen MR) is 120 cm³/mol. The first-order chi connectivity index (χ1) is 12.1. The van der Waals surface area contributed by atoms with Gasteiger partial charge in [0.1, 0.15) is 0 Å². The van der Waals surface area contributed by atoms with E-state index in [2.05, 4.69) is 10.3 Å². The first kappa shape index (κ1) is 21.3. The van der Waals surface area contributed by atoms with Gasteiger partial charge in [-0.2, -0.15) is 0 Å². The van der Waals surface area contributed by atoms with Crippen LogP contribution in [0.2, 0.25) is 10.0 Å². The van der Waals surface area contributed by atoms with Gasteiger partial charge in [-0.1, -0.05) is 47.5 Å². The standard InChI is InChI=1S/C19H21Cl2N3O.HI/c20-14-6-7-16(17(21)12-14)19(8-10-25-11-9-19)13-23-18(22)24-15-4-2-1-3-5-15;/h1-7,12H,8-11,13H2,(H3,22,23,24);1H. The van der Waals surface area contributed by atoms with Crippen molar-refractivity contribution in [1.82, 2.24) is 0 Å². The van der Waals surface area contributed by atoms with Crippen molar-refractivity contribution in [3.05, 3.63) is 64.1 Å². The molecule has 3 rings (SSSR count). The van der Waals surface area contributed by atoms with Crippen molar-refractivity contribution in [2.24, 2.45) is 10.7 Å². The van der Waals surface area contributed by atoms with E-state index in [1.54, 1.807) is 6.07 Å². The molecule has 0 spiro atoms. The Bertz CT molecular complexity index is 750. The molecule has 0 amide bonds. The summed E-state index contributed by atoms with van der Waals surface area (Å²) in [6.07, 6.45) is 1.69. The molecule has 7 heteroatoms. The Kier molecular flexibility index (Phi) is 8.01. The maximum Gasteiger partial charge on any atom is 0.193 e. The Balaban J connectivity index is 0.00000243. The molecule has 4 nitrogen and oxygen atoms in total. The van der Waals surface area contributed by atoms with E-state index in [-0.39, 0.29) is 29.4 Å². The van der Waals surface area contributed by atoms with Crippen molar-refractivity contribution in [3.63, 3.8) is 0 Å². The van der Waals surface area contributed by atoms with Gasteiger partial charge in [0.15, 0.2) is 5.96 Å². The van der Waals surface area contributed by atoms with E-state index in [1.165, 1.54) is 0 Å². The SMILES string of the molecule is I.NC(=NCC1(c2ccc(Cl)cc2Cl)CCOCC1)Nc1ccccc1. The topological polar surface area (TPSA) is 59.6 Å². The molecule has 26 heavy (non-hydrogen) atoms. The van der Waals surface area contributed by atoms with Crippen molar-refractivity contribution in [2.75, 3.05) is 25.1 Å². The number of hydrogen-bond acceptors (Lipinski definition) is 2. The van der Waals surface area contributed by atoms with E-state index in [0.29, 0.717) is 35.8 Å². The lowest BCUT2D eigenvalue weighted by Gasteiger charge is -2.37. The largest absolute Gasteiger partial charge is 0.381 e. The average Bonchev–Trinajstić information content (AvgIpc) is 2.62. The molecule has 0 atom stereocenters. The second-order valence-electron chi connectivity index (χ2n) is 6.21. The fourth-order valence-corrected chi connectivity index (χ4v) is 3.75. The fourth-order valence-electron chi connectivity index (χ4n) is 3.14. The number of aliphatic imine (C=N–C) groups is 1. The lowest BCUT2D eigenvalue weighted by molar-refractivity contribution is 0.0532. The zero-order chi connectivity index (χ0) is 17.7. The molecule has 0 aliphatic carbocycles. The Morgan fingerprint density at radius 3 is 2.46 bits per heavy atom. The number of nitrogens with zero attached hydrogens (tertiary/aromatic N) is 1. The number of guanidine groups is 1. The summed E-state index contributed by atoms with van der Waals surface area (Å²) in [5.74, 6) is 0.391. The van der Waals surface area contributed by atoms with Crippen molar-refractivity contribution < 1.29 is 4.74 Å². The monoisotopic (exact) mass is 505 g/mol. The fraction of sp³-hybridized carbons (Fsp3) is 0.316. The van der Waals surface area contributed by atoms with E-state index < -0.39 is 0 Å². The average molecular weight is 506 g/mol. The molecule has 0 radical (unpaired) electrons. The number of halogens is 3. The van der Waals surface area contributed by atoms with Gasteiger partial charge in [-0.25, -0.2) is 0 Å². The van der Waals surface area contributed by atoms with Crippen molar-refractivity contribution >= 4 is 58.8 Å². The van der Waals surface area contributed by atoms with Crippen LogP contribution in [0.3, 0.4) is 0 Å². The molecule has 0 unspecified atom stereocenters. The summed E-state index contributed by atoms with van der Waals surface area (Å²) in [4.78, 5) is 4.59. The van der Waals surface area contributed by atoms with Gasteiger partial charge in [0, 0.05) is 34.4 Å². The molecule has 2 aromatic rings. The van der Waals surface area contributed by atoms with Gasteiger partial charge in [-0.15, -0.1) is 24.0 Å². The van der Waals surface area contributed by atoms with E-state index in [4.69, 9.17) is 33.7 Å². The summed E-state index contributed by atoms with van der Waals surface area (Å²) in [7, 11) is 0. The molecule has 1 aliphatic rings. The van der Waals surface area contributed by atoms with Crippen LogP contribution in [-0.2, 0) is 10.2 Å². The van der Waals surface area contributed by atoms with Gasteiger partial charge in [0.25, 0.3) is 0 Å². The van der Waals surface area contributed by atoms with Gasteiger partial charge >= 0.3 is 0 Å².